The normalized spacial score (nSPS) is 10.8. The van der Waals surface area contributed by atoms with Crippen LogP contribution in [0.1, 0.15) is 18.2 Å². The van der Waals surface area contributed by atoms with Gasteiger partial charge in [0.05, 0.1) is 15.9 Å². The SMILES string of the molecule is CCc1nn(C)cc1NCc1c(F)ccc(Br)c1F. The van der Waals surface area contributed by atoms with Gasteiger partial charge in [-0.2, -0.15) is 5.10 Å². The molecule has 0 aliphatic carbocycles. The highest BCUT2D eigenvalue weighted by atomic mass is 79.9. The van der Waals surface area contributed by atoms with Crippen LogP contribution in [0.5, 0.6) is 0 Å². The van der Waals surface area contributed by atoms with Crippen LogP contribution in [0.4, 0.5) is 14.5 Å². The summed E-state index contributed by atoms with van der Waals surface area (Å²) in [6.45, 7) is 2.06. The van der Waals surface area contributed by atoms with Gasteiger partial charge in [-0.1, -0.05) is 6.92 Å². The van der Waals surface area contributed by atoms with Gasteiger partial charge < -0.3 is 5.32 Å². The number of hydrogen-bond donors (Lipinski definition) is 1. The van der Waals surface area contributed by atoms with E-state index in [4.69, 9.17) is 0 Å². The summed E-state index contributed by atoms with van der Waals surface area (Å²) in [7, 11) is 1.81. The molecule has 0 saturated heterocycles. The van der Waals surface area contributed by atoms with E-state index in [0.29, 0.717) is 0 Å². The molecule has 0 bridgehead atoms. The maximum absolute atomic E-state index is 13.8. The predicted molar refractivity (Wildman–Crippen MR) is 74.0 cm³/mol. The third-order valence-corrected chi connectivity index (χ3v) is 3.45. The predicted octanol–water partition coefficient (Wildman–Crippen LogP) is 3.64. The monoisotopic (exact) mass is 329 g/mol. The summed E-state index contributed by atoms with van der Waals surface area (Å²) in [5.41, 5.74) is 1.68. The number of nitrogens with zero attached hydrogens (tertiary/aromatic N) is 2. The fourth-order valence-electron chi connectivity index (χ4n) is 1.86. The zero-order valence-corrected chi connectivity index (χ0v) is 12.3. The Balaban J connectivity index is 2.21. The second-order valence-electron chi connectivity index (χ2n) is 4.19. The van der Waals surface area contributed by atoms with E-state index in [-0.39, 0.29) is 16.6 Å². The topological polar surface area (TPSA) is 29.9 Å². The first-order valence-corrected chi connectivity index (χ1v) is 6.71. The van der Waals surface area contributed by atoms with E-state index in [1.54, 1.807) is 10.9 Å². The first-order chi connectivity index (χ1) is 9.02. The lowest BCUT2D eigenvalue weighted by atomic mass is 10.2. The molecule has 1 aromatic heterocycles. The summed E-state index contributed by atoms with van der Waals surface area (Å²) in [4.78, 5) is 0. The Bertz CT molecular complexity index is 596. The van der Waals surface area contributed by atoms with Gasteiger partial charge in [-0.25, -0.2) is 8.78 Å². The van der Waals surface area contributed by atoms with E-state index < -0.39 is 11.6 Å². The Morgan fingerprint density at radius 2 is 2.11 bits per heavy atom. The molecular formula is C13H14BrF2N3. The van der Waals surface area contributed by atoms with Crippen LogP contribution >= 0.6 is 15.9 Å². The standard InChI is InChI=1S/C13H14BrF2N3/c1-3-11-12(7-19(2)18-11)17-6-8-10(15)5-4-9(14)13(8)16/h4-5,7,17H,3,6H2,1-2H3. The van der Waals surface area contributed by atoms with Gasteiger partial charge >= 0.3 is 0 Å². The quantitative estimate of drug-likeness (QED) is 0.868. The minimum absolute atomic E-state index is 0.0141. The number of anilines is 1. The minimum Gasteiger partial charge on any atom is -0.378 e. The fraction of sp³-hybridized carbons (Fsp3) is 0.308. The van der Waals surface area contributed by atoms with Crippen molar-refractivity contribution in [3.05, 3.63) is 45.7 Å². The number of benzene rings is 1. The molecule has 0 atom stereocenters. The molecule has 0 aliphatic rings. The van der Waals surface area contributed by atoms with Crippen LogP contribution in [0.15, 0.2) is 22.8 Å². The largest absolute Gasteiger partial charge is 0.378 e. The third kappa shape index (κ3) is 2.94. The lowest BCUT2D eigenvalue weighted by Crippen LogP contribution is -2.06. The van der Waals surface area contributed by atoms with Crippen LogP contribution in [0.25, 0.3) is 0 Å². The first kappa shape index (κ1) is 14.0. The van der Waals surface area contributed by atoms with Crippen molar-refractivity contribution in [3.63, 3.8) is 0 Å². The molecular weight excluding hydrogens is 316 g/mol. The number of aromatic nitrogens is 2. The van der Waals surface area contributed by atoms with E-state index in [1.165, 1.54) is 12.1 Å². The average molecular weight is 330 g/mol. The number of rotatable bonds is 4. The summed E-state index contributed by atoms with van der Waals surface area (Å²) in [5, 5.41) is 7.29. The van der Waals surface area contributed by atoms with Crippen LogP contribution in [0, 0.1) is 11.6 Å². The summed E-state index contributed by atoms with van der Waals surface area (Å²) >= 11 is 3.05. The smallest absolute Gasteiger partial charge is 0.145 e. The average Bonchev–Trinajstić information content (AvgIpc) is 2.74. The Hall–Kier alpha value is -1.43. The van der Waals surface area contributed by atoms with Gasteiger partial charge in [-0.05, 0) is 34.5 Å². The zero-order chi connectivity index (χ0) is 14.0. The first-order valence-electron chi connectivity index (χ1n) is 5.91. The van der Waals surface area contributed by atoms with Crippen molar-refractivity contribution in [2.75, 3.05) is 5.32 Å². The molecule has 0 fully saturated rings. The fourth-order valence-corrected chi connectivity index (χ4v) is 2.23. The molecule has 1 heterocycles. The molecule has 2 rings (SSSR count). The van der Waals surface area contributed by atoms with E-state index in [2.05, 4.69) is 26.3 Å². The lowest BCUT2D eigenvalue weighted by molar-refractivity contribution is 0.555. The Morgan fingerprint density at radius 1 is 1.37 bits per heavy atom. The van der Waals surface area contributed by atoms with Gasteiger partial charge in [0.2, 0.25) is 0 Å². The molecule has 19 heavy (non-hydrogen) atoms. The van der Waals surface area contributed by atoms with Gasteiger partial charge in [0.1, 0.15) is 11.6 Å². The number of halogens is 3. The summed E-state index contributed by atoms with van der Waals surface area (Å²) in [5.74, 6) is -1.13. The molecule has 1 aromatic carbocycles. The van der Waals surface area contributed by atoms with Crippen molar-refractivity contribution >= 4 is 21.6 Å². The summed E-state index contributed by atoms with van der Waals surface area (Å²) in [6, 6.07) is 2.60. The van der Waals surface area contributed by atoms with Crippen molar-refractivity contribution in [2.45, 2.75) is 19.9 Å². The maximum atomic E-state index is 13.8. The summed E-state index contributed by atoms with van der Waals surface area (Å²) in [6.07, 6.45) is 2.55. The van der Waals surface area contributed by atoms with Crippen LogP contribution in [-0.2, 0) is 20.0 Å². The molecule has 0 amide bonds. The highest BCUT2D eigenvalue weighted by Crippen LogP contribution is 2.23. The second kappa shape index (κ2) is 5.69. The Labute approximate surface area is 118 Å². The maximum Gasteiger partial charge on any atom is 0.145 e. The Kier molecular flexibility index (Phi) is 4.19. The van der Waals surface area contributed by atoms with Gasteiger partial charge in [0, 0.05) is 25.4 Å². The molecule has 102 valence electrons. The molecule has 0 spiro atoms. The van der Waals surface area contributed by atoms with E-state index in [9.17, 15) is 8.78 Å². The van der Waals surface area contributed by atoms with Crippen LogP contribution in [-0.4, -0.2) is 9.78 Å². The number of aryl methyl sites for hydroxylation is 2. The molecule has 6 heteroatoms. The van der Waals surface area contributed by atoms with Gasteiger partial charge in [0.25, 0.3) is 0 Å². The van der Waals surface area contributed by atoms with Crippen LogP contribution in [0.2, 0.25) is 0 Å². The minimum atomic E-state index is -0.575. The van der Waals surface area contributed by atoms with E-state index >= 15 is 0 Å². The molecule has 1 N–H and O–H groups in total. The van der Waals surface area contributed by atoms with E-state index in [0.717, 1.165) is 17.8 Å². The molecule has 0 radical (unpaired) electrons. The molecule has 0 saturated carbocycles. The van der Waals surface area contributed by atoms with Crippen LogP contribution < -0.4 is 5.32 Å². The van der Waals surface area contributed by atoms with Crippen molar-refractivity contribution in [3.8, 4) is 0 Å². The third-order valence-electron chi connectivity index (χ3n) is 2.83. The summed E-state index contributed by atoms with van der Waals surface area (Å²) < 4.78 is 29.3. The second-order valence-corrected chi connectivity index (χ2v) is 5.05. The van der Waals surface area contributed by atoms with E-state index in [1.807, 2.05) is 14.0 Å². The van der Waals surface area contributed by atoms with Crippen molar-refractivity contribution in [1.29, 1.82) is 0 Å². The van der Waals surface area contributed by atoms with Crippen molar-refractivity contribution in [1.82, 2.24) is 9.78 Å². The van der Waals surface area contributed by atoms with Gasteiger partial charge in [-0.15, -0.1) is 0 Å². The van der Waals surface area contributed by atoms with Crippen LogP contribution in [0.3, 0.4) is 0 Å². The highest BCUT2D eigenvalue weighted by Gasteiger charge is 2.13. The van der Waals surface area contributed by atoms with Gasteiger partial charge in [0.15, 0.2) is 0 Å². The van der Waals surface area contributed by atoms with Crippen molar-refractivity contribution in [2.24, 2.45) is 7.05 Å². The van der Waals surface area contributed by atoms with Crippen molar-refractivity contribution < 1.29 is 8.78 Å². The molecule has 3 nitrogen and oxygen atoms in total. The molecule has 0 aliphatic heterocycles. The van der Waals surface area contributed by atoms with Gasteiger partial charge in [-0.3, -0.25) is 4.68 Å². The molecule has 2 aromatic rings. The Morgan fingerprint density at radius 3 is 2.79 bits per heavy atom. The number of nitrogens with one attached hydrogen (secondary N) is 1. The number of hydrogen-bond acceptors (Lipinski definition) is 2. The molecule has 0 unspecified atom stereocenters. The zero-order valence-electron chi connectivity index (χ0n) is 10.7. The lowest BCUT2D eigenvalue weighted by Gasteiger charge is -2.09. The highest BCUT2D eigenvalue weighted by molar-refractivity contribution is 9.10.